The van der Waals surface area contributed by atoms with E-state index in [1.807, 2.05) is 18.2 Å². The average molecular weight is 204 g/mol. The number of hydrogen-bond donors (Lipinski definition) is 0. The summed E-state index contributed by atoms with van der Waals surface area (Å²) in [4.78, 5) is 11.8. The first-order chi connectivity index (χ1) is 7.15. The van der Waals surface area contributed by atoms with Crippen molar-refractivity contribution in [1.82, 2.24) is 0 Å². The normalized spacial score (nSPS) is 19.5. The Morgan fingerprint density at radius 1 is 1.40 bits per heavy atom. The van der Waals surface area contributed by atoms with E-state index in [2.05, 4.69) is 13.8 Å². The molecule has 2 heteroatoms. The molecule has 0 aliphatic heterocycles. The van der Waals surface area contributed by atoms with Crippen LogP contribution < -0.4 is 4.74 Å². The molecule has 2 nitrogen and oxygen atoms in total. The van der Waals surface area contributed by atoms with Crippen LogP contribution in [0.5, 0.6) is 5.75 Å². The minimum Gasteiger partial charge on any atom is -0.496 e. The lowest BCUT2D eigenvalue weighted by atomic mass is 9.89. The van der Waals surface area contributed by atoms with E-state index in [4.69, 9.17) is 4.74 Å². The fourth-order valence-corrected chi connectivity index (χ4v) is 2.33. The van der Waals surface area contributed by atoms with Gasteiger partial charge in [0, 0.05) is 17.5 Å². The molecule has 1 unspecified atom stereocenters. The first-order valence-corrected chi connectivity index (χ1v) is 5.35. The monoisotopic (exact) mass is 204 g/mol. The van der Waals surface area contributed by atoms with Gasteiger partial charge in [-0.25, -0.2) is 0 Å². The Kier molecular flexibility index (Phi) is 2.51. The van der Waals surface area contributed by atoms with Crippen LogP contribution in [0.25, 0.3) is 0 Å². The molecule has 0 spiro atoms. The molecule has 0 bridgehead atoms. The number of Topliss-reactive ketones (excluding diaryl/α,β-unsaturated/α-hetero) is 1. The van der Waals surface area contributed by atoms with Gasteiger partial charge in [0.05, 0.1) is 7.11 Å². The molecule has 0 heterocycles. The number of benzene rings is 1. The standard InChI is InChI=1S/C13H16O2/c1-8(2)10-7-11(14)9-5-4-6-12(15-3)13(9)10/h4-6,8,10H,7H2,1-3H3. The number of carbonyl (C=O) groups excluding carboxylic acids is 1. The highest BCUT2D eigenvalue weighted by atomic mass is 16.5. The average Bonchev–Trinajstić information content (AvgIpc) is 2.56. The highest BCUT2D eigenvalue weighted by Crippen LogP contribution is 2.43. The van der Waals surface area contributed by atoms with Gasteiger partial charge in [0.15, 0.2) is 5.78 Å². The molecule has 0 radical (unpaired) electrons. The summed E-state index contributed by atoms with van der Waals surface area (Å²) in [6.07, 6.45) is 0.632. The van der Waals surface area contributed by atoms with Crippen LogP contribution in [-0.4, -0.2) is 12.9 Å². The quantitative estimate of drug-likeness (QED) is 0.740. The summed E-state index contributed by atoms with van der Waals surface area (Å²) in [6, 6.07) is 5.73. The van der Waals surface area contributed by atoms with Gasteiger partial charge in [0.25, 0.3) is 0 Å². The van der Waals surface area contributed by atoms with Crippen LogP contribution in [-0.2, 0) is 0 Å². The van der Waals surface area contributed by atoms with Crippen molar-refractivity contribution in [3.05, 3.63) is 29.3 Å². The summed E-state index contributed by atoms with van der Waals surface area (Å²) < 4.78 is 5.33. The molecule has 15 heavy (non-hydrogen) atoms. The van der Waals surface area contributed by atoms with Crippen molar-refractivity contribution in [2.24, 2.45) is 5.92 Å². The molecule has 0 saturated carbocycles. The maximum atomic E-state index is 11.8. The Labute approximate surface area is 90.3 Å². The van der Waals surface area contributed by atoms with Crippen molar-refractivity contribution in [3.8, 4) is 5.75 Å². The van der Waals surface area contributed by atoms with Gasteiger partial charge in [-0.15, -0.1) is 0 Å². The van der Waals surface area contributed by atoms with Crippen molar-refractivity contribution in [2.45, 2.75) is 26.2 Å². The van der Waals surface area contributed by atoms with Crippen LogP contribution in [0.2, 0.25) is 0 Å². The molecule has 0 N–H and O–H groups in total. The van der Waals surface area contributed by atoms with Crippen molar-refractivity contribution < 1.29 is 9.53 Å². The third-order valence-electron chi connectivity index (χ3n) is 3.17. The van der Waals surface area contributed by atoms with Gasteiger partial charge in [0.1, 0.15) is 5.75 Å². The van der Waals surface area contributed by atoms with E-state index >= 15 is 0 Å². The van der Waals surface area contributed by atoms with Crippen molar-refractivity contribution in [3.63, 3.8) is 0 Å². The topological polar surface area (TPSA) is 26.3 Å². The van der Waals surface area contributed by atoms with Crippen molar-refractivity contribution in [1.29, 1.82) is 0 Å². The highest BCUT2D eigenvalue weighted by molar-refractivity contribution is 6.02. The van der Waals surface area contributed by atoms with E-state index in [0.717, 1.165) is 16.9 Å². The van der Waals surface area contributed by atoms with Crippen LogP contribution in [0, 0.1) is 5.92 Å². The summed E-state index contributed by atoms with van der Waals surface area (Å²) in [6.45, 7) is 4.30. The number of carbonyl (C=O) groups is 1. The zero-order valence-electron chi connectivity index (χ0n) is 9.41. The summed E-state index contributed by atoms with van der Waals surface area (Å²) in [5.74, 6) is 1.91. The summed E-state index contributed by atoms with van der Waals surface area (Å²) in [7, 11) is 1.66. The van der Waals surface area contributed by atoms with E-state index in [1.165, 1.54) is 0 Å². The number of methoxy groups -OCH3 is 1. The van der Waals surface area contributed by atoms with Gasteiger partial charge in [-0.1, -0.05) is 26.0 Å². The van der Waals surface area contributed by atoms with Gasteiger partial charge in [-0.05, 0) is 17.9 Å². The third kappa shape index (κ3) is 1.54. The minimum atomic E-state index is 0.252. The van der Waals surface area contributed by atoms with Gasteiger partial charge < -0.3 is 4.74 Å². The highest BCUT2D eigenvalue weighted by Gasteiger charge is 2.33. The number of fused-ring (bicyclic) bond motifs is 1. The molecule has 0 fully saturated rings. The molecule has 80 valence electrons. The number of hydrogen-bond acceptors (Lipinski definition) is 2. The molecular weight excluding hydrogens is 188 g/mol. The smallest absolute Gasteiger partial charge is 0.163 e. The molecule has 1 atom stereocenters. The second kappa shape index (κ2) is 3.69. The Balaban J connectivity index is 2.56. The Hall–Kier alpha value is -1.31. The van der Waals surface area contributed by atoms with Crippen LogP contribution >= 0.6 is 0 Å². The van der Waals surface area contributed by atoms with E-state index in [9.17, 15) is 4.79 Å². The summed E-state index contributed by atoms with van der Waals surface area (Å²) >= 11 is 0. The van der Waals surface area contributed by atoms with Crippen LogP contribution in [0.1, 0.15) is 42.1 Å². The van der Waals surface area contributed by atoms with Crippen LogP contribution in [0.3, 0.4) is 0 Å². The zero-order chi connectivity index (χ0) is 11.0. The molecule has 1 aliphatic carbocycles. The second-order valence-corrected chi connectivity index (χ2v) is 4.40. The van der Waals surface area contributed by atoms with E-state index in [-0.39, 0.29) is 5.78 Å². The second-order valence-electron chi connectivity index (χ2n) is 4.40. The first kappa shape index (κ1) is 10.2. The Bertz CT molecular complexity index is 394. The SMILES string of the molecule is COc1cccc2c1C(C(C)C)CC2=O. The van der Waals surface area contributed by atoms with Gasteiger partial charge in [0.2, 0.25) is 0 Å². The molecular formula is C13H16O2. The number of rotatable bonds is 2. The first-order valence-electron chi connectivity index (χ1n) is 5.35. The maximum absolute atomic E-state index is 11.8. The predicted octanol–water partition coefficient (Wildman–Crippen LogP) is 3.02. The zero-order valence-corrected chi connectivity index (χ0v) is 9.41. The Morgan fingerprint density at radius 2 is 2.13 bits per heavy atom. The molecule has 2 rings (SSSR count). The van der Waals surface area contributed by atoms with E-state index < -0.39 is 0 Å². The molecule has 1 aliphatic rings. The fourth-order valence-electron chi connectivity index (χ4n) is 2.33. The van der Waals surface area contributed by atoms with Gasteiger partial charge >= 0.3 is 0 Å². The van der Waals surface area contributed by atoms with Crippen molar-refractivity contribution in [2.75, 3.05) is 7.11 Å². The lowest BCUT2D eigenvalue weighted by Crippen LogP contribution is -2.04. The number of ether oxygens (including phenoxy) is 1. The summed E-state index contributed by atoms with van der Waals surface area (Å²) in [5, 5.41) is 0. The van der Waals surface area contributed by atoms with Crippen molar-refractivity contribution >= 4 is 5.78 Å². The predicted molar refractivity (Wildman–Crippen MR) is 59.5 cm³/mol. The minimum absolute atomic E-state index is 0.252. The lowest BCUT2D eigenvalue weighted by Gasteiger charge is -2.17. The Morgan fingerprint density at radius 3 is 2.73 bits per heavy atom. The van der Waals surface area contributed by atoms with Gasteiger partial charge in [-0.3, -0.25) is 4.79 Å². The number of ketones is 1. The fraction of sp³-hybridized carbons (Fsp3) is 0.462. The molecule has 0 amide bonds. The van der Waals surface area contributed by atoms with Crippen LogP contribution in [0.4, 0.5) is 0 Å². The largest absolute Gasteiger partial charge is 0.496 e. The molecule has 1 aromatic carbocycles. The van der Waals surface area contributed by atoms with E-state index in [1.54, 1.807) is 7.11 Å². The maximum Gasteiger partial charge on any atom is 0.163 e. The molecule has 0 aromatic heterocycles. The lowest BCUT2D eigenvalue weighted by molar-refractivity contribution is 0.0984. The third-order valence-corrected chi connectivity index (χ3v) is 3.17. The molecule has 1 aromatic rings. The van der Waals surface area contributed by atoms with Crippen LogP contribution in [0.15, 0.2) is 18.2 Å². The summed E-state index contributed by atoms with van der Waals surface area (Å²) in [5.41, 5.74) is 1.97. The molecule has 0 saturated heterocycles. The van der Waals surface area contributed by atoms with E-state index in [0.29, 0.717) is 18.3 Å². The van der Waals surface area contributed by atoms with Gasteiger partial charge in [-0.2, -0.15) is 0 Å².